The van der Waals surface area contributed by atoms with Gasteiger partial charge < -0.3 is 10.1 Å². The number of sulfonamides is 1. The van der Waals surface area contributed by atoms with Crippen LogP contribution in [-0.4, -0.2) is 37.7 Å². The highest BCUT2D eigenvalue weighted by atomic mass is 32.2. The Bertz CT molecular complexity index is 1170. The number of ether oxygens (including phenoxy) is 1. The second-order valence-electron chi connectivity index (χ2n) is 6.33. The Kier molecular flexibility index (Phi) is 6.09. The Balaban J connectivity index is 1.74. The summed E-state index contributed by atoms with van der Waals surface area (Å²) in [6.07, 6.45) is 1.33. The molecule has 1 aromatic heterocycles. The number of nitrogens with zero attached hydrogens (tertiary/aromatic N) is 2. The number of hydrogen-bond acceptors (Lipinski definition) is 5. The maximum absolute atomic E-state index is 14.0. The smallest absolute Gasteiger partial charge is 0.255 e. The van der Waals surface area contributed by atoms with Crippen molar-refractivity contribution in [2.45, 2.75) is 4.90 Å². The van der Waals surface area contributed by atoms with Gasteiger partial charge in [-0.3, -0.25) is 4.79 Å². The predicted octanol–water partition coefficient (Wildman–Crippen LogP) is 3.65. The van der Waals surface area contributed by atoms with Crippen molar-refractivity contribution in [3.63, 3.8) is 0 Å². The molecule has 156 valence electrons. The van der Waals surface area contributed by atoms with Gasteiger partial charge in [-0.2, -0.15) is 0 Å². The largest absolute Gasteiger partial charge is 0.439 e. The third-order valence-electron chi connectivity index (χ3n) is 3.98. The maximum atomic E-state index is 14.0. The van der Waals surface area contributed by atoms with Crippen LogP contribution in [0.1, 0.15) is 10.4 Å². The van der Waals surface area contributed by atoms with Gasteiger partial charge in [0.2, 0.25) is 15.9 Å². The fourth-order valence-corrected chi connectivity index (χ4v) is 3.36. The fourth-order valence-electron chi connectivity index (χ4n) is 2.38. The van der Waals surface area contributed by atoms with Crippen LogP contribution in [0.3, 0.4) is 0 Å². The van der Waals surface area contributed by atoms with Crippen LogP contribution < -0.4 is 10.1 Å². The molecule has 0 spiro atoms. The Labute approximate surface area is 172 Å². The first-order valence-corrected chi connectivity index (χ1v) is 10.0. The summed E-state index contributed by atoms with van der Waals surface area (Å²) in [4.78, 5) is 15.9. The number of aromatic nitrogens is 1. The molecule has 0 aliphatic rings. The summed E-state index contributed by atoms with van der Waals surface area (Å²) in [7, 11) is -1.52. The zero-order valence-electron chi connectivity index (χ0n) is 16.0. The molecule has 1 N–H and O–H groups in total. The standard InChI is InChI=1S/C20H17F2N3O4S/c1-25(2)30(27,28)18-11-13(3-9-17(18)22)20(26)24-15-6-10-19(23-12-15)29-16-7-4-14(21)5-8-16/h3-12H,1-2H3,(H,24,26). The minimum absolute atomic E-state index is 0.0385. The van der Waals surface area contributed by atoms with Crippen LogP contribution in [-0.2, 0) is 10.0 Å². The molecule has 0 bridgehead atoms. The molecule has 0 saturated carbocycles. The van der Waals surface area contributed by atoms with E-state index in [9.17, 15) is 22.0 Å². The summed E-state index contributed by atoms with van der Waals surface area (Å²) in [6.45, 7) is 0. The van der Waals surface area contributed by atoms with E-state index < -0.39 is 32.5 Å². The van der Waals surface area contributed by atoms with Crippen LogP contribution in [0.15, 0.2) is 65.7 Å². The molecule has 30 heavy (non-hydrogen) atoms. The second-order valence-corrected chi connectivity index (χ2v) is 8.45. The van der Waals surface area contributed by atoms with Crippen LogP contribution in [0.25, 0.3) is 0 Å². The number of amides is 1. The molecular formula is C20H17F2N3O4S. The average molecular weight is 433 g/mol. The van der Waals surface area contributed by atoms with Crippen molar-refractivity contribution >= 4 is 21.6 Å². The topological polar surface area (TPSA) is 88.6 Å². The van der Waals surface area contributed by atoms with Gasteiger partial charge in [0.05, 0.1) is 11.9 Å². The number of rotatable bonds is 6. The summed E-state index contributed by atoms with van der Waals surface area (Å²) in [5.41, 5.74) is 0.274. The van der Waals surface area contributed by atoms with Gasteiger partial charge in [0.15, 0.2) is 0 Å². The van der Waals surface area contributed by atoms with E-state index in [1.54, 1.807) is 0 Å². The Morgan fingerprint density at radius 3 is 2.33 bits per heavy atom. The molecule has 1 amide bonds. The van der Waals surface area contributed by atoms with Crippen molar-refractivity contribution in [1.82, 2.24) is 9.29 Å². The van der Waals surface area contributed by atoms with Gasteiger partial charge in [0, 0.05) is 25.7 Å². The normalized spacial score (nSPS) is 11.4. The number of benzene rings is 2. The van der Waals surface area contributed by atoms with E-state index in [1.165, 1.54) is 62.8 Å². The molecule has 3 aromatic rings. The van der Waals surface area contributed by atoms with Gasteiger partial charge in [-0.25, -0.2) is 26.5 Å². The summed E-state index contributed by atoms with van der Waals surface area (Å²) in [5.74, 6) is -1.37. The van der Waals surface area contributed by atoms with Crippen LogP contribution in [0.2, 0.25) is 0 Å². The van der Waals surface area contributed by atoms with Crippen molar-refractivity contribution in [2.75, 3.05) is 19.4 Å². The van der Waals surface area contributed by atoms with E-state index in [0.717, 1.165) is 16.4 Å². The third-order valence-corrected chi connectivity index (χ3v) is 5.81. The lowest BCUT2D eigenvalue weighted by molar-refractivity contribution is 0.102. The molecular weight excluding hydrogens is 416 g/mol. The quantitative estimate of drug-likeness (QED) is 0.641. The number of nitrogens with one attached hydrogen (secondary N) is 1. The van der Waals surface area contributed by atoms with Gasteiger partial charge in [0.25, 0.3) is 5.91 Å². The van der Waals surface area contributed by atoms with E-state index >= 15 is 0 Å². The van der Waals surface area contributed by atoms with Crippen molar-refractivity contribution in [3.8, 4) is 11.6 Å². The minimum atomic E-state index is -4.05. The molecule has 0 unspecified atom stereocenters. The highest BCUT2D eigenvalue weighted by molar-refractivity contribution is 7.89. The lowest BCUT2D eigenvalue weighted by Crippen LogP contribution is -2.24. The SMILES string of the molecule is CN(C)S(=O)(=O)c1cc(C(=O)Nc2ccc(Oc3ccc(F)cc3)nc2)ccc1F. The zero-order valence-corrected chi connectivity index (χ0v) is 16.8. The van der Waals surface area contributed by atoms with Crippen molar-refractivity contribution in [3.05, 3.63) is 78.0 Å². The Morgan fingerprint density at radius 2 is 1.73 bits per heavy atom. The van der Waals surface area contributed by atoms with Crippen molar-refractivity contribution < 1.29 is 26.7 Å². The number of carbonyl (C=O) groups is 1. The Morgan fingerprint density at radius 1 is 1.03 bits per heavy atom. The molecule has 0 atom stereocenters. The number of pyridine rings is 1. The monoisotopic (exact) mass is 433 g/mol. The molecule has 3 rings (SSSR count). The number of halogens is 2. The third kappa shape index (κ3) is 4.78. The van der Waals surface area contributed by atoms with Crippen LogP contribution in [0.5, 0.6) is 11.6 Å². The molecule has 0 aliphatic heterocycles. The highest BCUT2D eigenvalue weighted by Crippen LogP contribution is 2.22. The van der Waals surface area contributed by atoms with E-state index in [4.69, 9.17) is 4.74 Å². The predicted molar refractivity (Wildman–Crippen MR) is 106 cm³/mol. The first kappa shape index (κ1) is 21.3. The lowest BCUT2D eigenvalue weighted by Gasteiger charge is -2.13. The molecule has 0 saturated heterocycles. The van der Waals surface area contributed by atoms with Crippen LogP contribution in [0, 0.1) is 11.6 Å². The summed E-state index contributed by atoms with van der Waals surface area (Å²) in [5, 5.41) is 2.55. The van der Waals surface area contributed by atoms with Gasteiger partial charge in [-0.05, 0) is 48.5 Å². The second kappa shape index (κ2) is 8.56. The van der Waals surface area contributed by atoms with E-state index in [0.29, 0.717) is 11.4 Å². The van der Waals surface area contributed by atoms with Gasteiger partial charge in [-0.15, -0.1) is 0 Å². The number of hydrogen-bond donors (Lipinski definition) is 1. The minimum Gasteiger partial charge on any atom is -0.439 e. The van der Waals surface area contributed by atoms with E-state index in [-0.39, 0.29) is 11.4 Å². The van der Waals surface area contributed by atoms with Crippen molar-refractivity contribution in [1.29, 1.82) is 0 Å². The summed E-state index contributed by atoms with van der Waals surface area (Å²) in [6, 6.07) is 11.5. The summed E-state index contributed by atoms with van der Waals surface area (Å²) >= 11 is 0. The molecule has 0 aliphatic carbocycles. The lowest BCUT2D eigenvalue weighted by atomic mass is 10.2. The zero-order chi connectivity index (χ0) is 21.9. The van der Waals surface area contributed by atoms with Gasteiger partial charge in [0.1, 0.15) is 22.3 Å². The van der Waals surface area contributed by atoms with Gasteiger partial charge >= 0.3 is 0 Å². The first-order chi connectivity index (χ1) is 14.2. The molecule has 1 heterocycles. The van der Waals surface area contributed by atoms with Crippen molar-refractivity contribution in [2.24, 2.45) is 0 Å². The maximum Gasteiger partial charge on any atom is 0.255 e. The highest BCUT2D eigenvalue weighted by Gasteiger charge is 2.23. The molecule has 0 radical (unpaired) electrons. The van der Waals surface area contributed by atoms with E-state index in [1.807, 2.05) is 0 Å². The fraction of sp³-hybridized carbons (Fsp3) is 0.100. The number of anilines is 1. The Hall–Kier alpha value is -3.37. The van der Waals surface area contributed by atoms with Crippen LogP contribution >= 0.6 is 0 Å². The molecule has 2 aromatic carbocycles. The average Bonchev–Trinajstić information content (AvgIpc) is 2.71. The summed E-state index contributed by atoms with van der Waals surface area (Å²) < 4.78 is 57.6. The van der Waals surface area contributed by atoms with E-state index in [2.05, 4.69) is 10.3 Å². The molecule has 10 heteroatoms. The first-order valence-electron chi connectivity index (χ1n) is 8.60. The van der Waals surface area contributed by atoms with Crippen LogP contribution in [0.4, 0.5) is 14.5 Å². The molecule has 7 nitrogen and oxygen atoms in total. The molecule has 0 fully saturated rings. The van der Waals surface area contributed by atoms with Gasteiger partial charge in [-0.1, -0.05) is 0 Å². The number of carbonyl (C=O) groups excluding carboxylic acids is 1.